The van der Waals surface area contributed by atoms with Crippen LogP contribution in [0.3, 0.4) is 0 Å². The van der Waals surface area contributed by atoms with E-state index in [9.17, 15) is 4.39 Å². The number of hydrogen-bond donors (Lipinski definition) is 1. The zero-order valence-corrected chi connectivity index (χ0v) is 9.51. The van der Waals surface area contributed by atoms with E-state index in [0.717, 1.165) is 31.5 Å². The van der Waals surface area contributed by atoms with E-state index in [-0.39, 0.29) is 0 Å². The van der Waals surface area contributed by atoms with Gasteiger partial charge in [-0.05, 0) is 36.7 Å². The lowest BCUT2D eigenvalue weighted by Gasteiger charge is -2.49. The first-order chi connectivity index (χ1) is 7.73. The van der Waals surface area contributed by atoms with Crippen LogP contribution >= 0.6 is 0 Å². The van der Waals surface area contributed by atoms with Crippen LogP contribution in [-0.2, 0) is 5.67 Å². The lowest BCUT2D eigenvalue weighted by atomic mass is 9.64. The van der Waals surface area contributed by atoms with Crippen molar-refractivity contribution in [3.05, 3.63) is 35.9 Å². The van der Waals surface area contributed by atoms with Gasteiger partial charge in [-0.25, -0.2) is 4.39 Å². The summed E-state index contributed by atoms with van der Waals surface area (Å²) in [7, 11) is 0. The quantitative estimate of drug-likeness (QED) is 0.765. The molecule has 1 saturated carbocycles. The number of benzene rings is 1. The second-order valence-electron chi connectivity index (χ2n) is 5.43. The van der Waals surface area contributed by atoms with E-state index in [1.165, 1.54) is 0 Å². The summed E-state index contributed by atoms with van der Waals surface area (Å²) in [5.41, 5.74) is 0.240. The van der Waals surface area contributed by atoms with Crippen LogP contribution < -0.4 is 5.32 Å². The largest absolute Gasteiger partial charge is 0.316 e. The third kappa shape index (κ3) is 1.56. The molecule has 86 valence electrons. The first-order valence-corrected chi connectivity index (χ1v) is 6.18. The highest BCUT2D eigenvalue weighted by Crippen LogP contribution is 2.49. The molecule has 2 aliphatic rings. The van der Waals surface area contributed by atoms with Crippen molar-refractivity contribution in [2.75, 3.05) is 13.1 Å². The van der Waals surface area contributed by atoms with Crippen molar-refractivity contribution in [1.29, 1.82) is 0 Å². The van der Waals surface area contributed by atoms with Gasteiger partial charge in [0, 0.05) is 13.1 Å². The molecule has 0 unspecified atom stereocenters. The predicted molar refractivity (Wildman–Crippen MR) is 63.0 cm³/mol. The fourth-order valence-electron chi connectivity index (χ4n) is 3.03. The Morgan fingerprint density at radius 1 is 0.938 bits per heavy atom. The molecule has 16 heavy (non-hydrogen) atoms. The molecule has 1 aromatic rings. The molecule has 0 bridgehead atoms. The van der Waals surface area contributed by atoms with Gasteiger partial charge in [0.2, 0.25) is 0 Å². The van der Waals surface area contributed by atoms with Gasteiger partial charge >= 0.3 is 0 Å². The third-order valence-corrected chi connectivity index (χ3v) is 4.39. The van der Waals surface area contributed by atoms with Crippen LogP contribution in [0.2, 0.25) is 0 Å². The van der Waals surface area contributed by atoms with Gasteiger partial charge in [0.1, 0.15) is 5.67 Å². The van der Waals surface area contributed by atoms with Gasteiger partial charge in [0.15, 0.2) is 0 Å². The normalized spacial score (nSPS) is 26.3. The maximum atomic E-state index is 14.8. The van der Waals surface area contributed by atoms with Crippen LogP contribution in [-0.4, -0.2) is 13.1 Å². The highest BCUT2D eigenvalue weighted by atomic mass is 19.1. The summed E-state index contributed by atoms with van der Waals surface area (Å²) in [4.78, 5) is 0. The highest BCUT2D eigenvalue weighted by molar-refractivity contribution is 5.23. The second kappa shape index (κ2) is 3.56. The summed E-state index contributed by atoms with van der Waals surface area (Å²) in [5.74, 6) is 0. The van der Waals surface area contributed by atoms with Crippen molar-refractivity contribution < 1.29 is 4.39 Å². The molecule has 1 saturated heterocycles. The summed E-state index contributed by atoms with van der Waals surface area (Å²) in [6.45, 7) is 2.19. The number of hydrogen-bond acceptors (Lipinski definition) is 1. The fraction of sp³-hybridized carbons (Fsp3) is 0.571. The maximum absolute atomic E-state index is 14.8. The molecular weight excluding hydrogens is 201 g/mol. The third-order valence-electron chi connectivity index (χ3n) is 4.39. The van der Waals surface area contributed by atoms with E-state index in [0.29, 0.717) is 18.3 Å². The van der Waals surface area contributed by atoms with Crippen LogP contribution in [0.25, 0.3) is 0 Å². The molecule has 1 spiro atoms. The molecule has 2 fully saturated rings. The summed E-state index contributed by atoms with van der Waals surface area (Å²) in [6.07, 6.45) is 3.45. The monoisotopic (exact) mass is 219 g/mol. The zero-order chi connectivity index (χ0) is 11.1. The maximum Gasteiger partial charge on any atom is 0.136 e. The van der Waals surface area contributed by atoms with E-state index in [4.69, 9.17) is 0 Å². The Balaban J connectivity index is 1.76. The molecule has 1 nitrogen and oxygen atoms in total. The molecule has 0 atom stereocenters. The molecule has 1 aliphatic carbocycles. The smallest absolute Gasteiger partial charge is 0.136 e. The van der Waals surface area contributed by atoms with Crippen LogP contribution in [0.5, 0.6) is 0 Å². The molecular formula is C14H18FN. The fourth-order valence-corrected chi connectivity index (χ4v) is 3.03. The lowest BCUT2D eigenvalue weighted by molar-refractivity contribution is 0.00664. The summed E-state index contributed by atoms with van der Waals surface area (Å²) < 4.78 is 14.8. The van der Waals surface area contributed by atoms with E-state index < -0.39 is 5.67 Å². The SMILES string of the molecule is FC1(c2ccccc2)CCC2(CC1)CNC2. The van der Waals surface area contributed by atoms with Crippen LogP contribution in [0, 0.1) is 5.41 Å². The topological polar surface area (TPSA) is 12.0 Å². The number of alkyl halides is 1. The summed E-state index contributed by atoms with van der Waals surface area (Å²) in [5, 5.41) is 3.32. The number of halogens is 1. The lowest BCUT2D eigenvalue weighted by Crippen LogP contribution is -2.56. The van der Waals surface area contributed by atoms with E-state index >= 15 is 0 Å². The Hall–Kier alpha value is -0.890. The predicted octanol–water partition coefficient (Wildman–Crippen LogP) is 3.02. The van der Waals surface area contributed by atoms with Crippen LogP contribution in [0.15, 0.2) is 30.3 Å². The Morgan fingerprint density at radius 3 is 2.06 bits per heavy atom. The van der Waals surface area contributed by atoms with Gasteiger partial charge in [-0.15, -0.1) is 0 Å². The minimum Gasteiger partial charge on any atom is -0.316 e. The highest BCUT2D eigenvalue weighted by Gasteiger charge is 2.46. The first-order valence-electron chi connectivity index (χ1n) is 6.18. The summed E-state index contributed by atoms with van der Waals surface area (Å²) >= 11 is 0. The van der Waals surface area contributed by atoms with Crippen LogP contribution in [0.4, 0.5) is 4.39 Å². The van der Waals surface area contributed by atoms with Gasteiger partial charge in [0.25, 0.3) is 0 Å². The Morgan fingerprint density at radius 2 is 1.56 bits per heavy atom. The Kier molecular flexibility index (Phi) is 2.28. The van der Waals surface area contributed by atoms with E-state index in [1.54, 1.807) is 0 Å². The van der Waals surface area contributed by atoms with Crippen molar-refractivity contribution in [1.82, 2.24) is 5.32 Å². The van der Waals surface area contributed by atoms with Crippen molar-refractivity contribution in [3.63, 3.8) is 0 Å². The minimum absolute atomic E-state index is 0.435. The molecule has 2 heteroatoms. The average molecular weight is 219 g/mol. The van der Waals surface area contributed by atoms with Crippen LogP contribution in [0.1, 0.15) is 31.2 Å². The van der Waals surface area contributed by atoms with Gasteiger partial charge < -0.3 is 5.32 Å². The molecule has 1 N–H and O–H groups in total. The molecule has 0 aromatic heterocycles. The molecule has 0 radical (unpaired) electrons. The molecule has 1 aromatic carbocycles. The minimum atomic E-state index is -1.07. The standard InChI is InChI=1S/C14H18FN/c15-14(12-4-2-1-3-5-12)8-6-13(7-9-14)10-16-11-13/h1-5,16H,6-11H2. The van der Waals surface area contributed by atoms with Crippen molar-refractivity contribution in [2.45, 2.75) is 31.4 Å². The van der Waals surface area contributed by atoms with Crippen molar-refractivity contribution in [2.24, 2.45) is 5.41 Å². The Labute approximate surface area is 96.1 Å². The van der Waals surface area contributed by atoms with Gasteiger partial charge in [-0.2, -0.15) is 0 Å². The number of rotatable bonds is 1. The van der Waals surface area contributed by atoms with Crippen molar-refractivity contribution >= 4 is 0 Å². The molecule has 1 aliphatic heterocycles. The van der Waals surface area contributed by atoms with Crippen molar-refractivity contribution in [3.8, 4) is 0 Å². The average Bonchev–Trinajstić information content (AvgIpc) is 2.29. The van der Waals surface area contributed by atoms with E-state index in [1.807, 2.05) is 30.3 Å². The summed E-state index contributed by atoms with van der Waals surface area (Å²) in [6, 6.07) is 9.68. The van der Waals surface area contributed by atoms with Gasteiger partial charge in [0.05, 0.1) is 0 Å². The number of nitrogens with one attached hydrogen (secondary N) is 1. The first kappa shape index (κ1) is 10.3. The second-order valence-corrected chi connectivity index (χ2v) is 5.43. The molecule has 1 heterocycles. The Bertz CT molecular complexity index is 360. The van der Waals surface area contributed by atoms with E-state index in [2.05, 4.69) is 5.32 Å². The zero-order valence-electron chi connectivity index (χ0n) is 9.51. The molecule has 0 amide bonds. The van der Waals surface area contributed by atoms with Gasteiger partial charge in [-0.1, -0.05) is 30.3 Å². The molecule has 3 rings (SSSR count). The van der Waals surface area contributed by atoms with Gasteiger partial charge in [-0.3, -0.25) is 0 Å².